The number of nitrogens with zero attached hydrogens (tertiary/aromatic N) is 5. The molecule has 2 fully saturated rings. The number of fused-ring (bicyclic) bond motifs is 1. The first-order valence-electron chi connectivity index (χ1n) is 12.9. The molecule has 5 rings (SSSR count). The number of hydrogen-bond acceptors (Lipinski definition) is 12. The lowest BCUT2D eigenvalue weighted by Crippen LogP contribution is -2.49. The molecule has 0 amide bonds. The first-order chi connectivity index (χ1) is 19.3. The first-order valence-corrected chi connectivity index (χ1v) is 16.5. The van der Waals surface area contributed by atoms with Gasteiger partial charge in [0.25, 0.3) is 0 Å². The van der Waals surface area contributed by atoms with Crippen molar-refractivity contribution in [3.05, 3.63) is 42.2 Å². The number of aromatic nitrogens is 4. The normalized spacial score (nSPS) is 24.4. The summed E-state index contributed by atoms with van der Waals surface area (Å²) in [6.07, 6.45) is -0.897. The Morgan fingerprint density at radius 1 is 1.07 bits per heavy atom. The number of anilines is 2. The summed E-state index contributed by atoms with van der Waals surface area (Å²) in [6.45, 7) is 0.963. The van der Waals surface area contributed by atoms with Gasteiger partial charge in [-0.3, -0.25) is 13.7 Å². The number of aliphatic hydroxyl groups is 3. The molecule has 4 atom stereocenters. The maximum Gasteiger partial charge on any atom is 0.340 e. The fourth-order valence-corrected chi connectivity index (χ4v) is 7.37. The Hall–Kier alpha value is -2.49. The van der Waals surface area contributed by atoms with Crippen molar-refractivity contribution in [2.24, 2.45) is 0 Å². The van der Waals surface area contributed by atoms with Crippen LogP contribution in [0.1, 0.15) is 31.1 Å². The van der Waals surface area contributed by atoms with E-state index in [0.717, 1.165) is 37.9 Å². The summed E-state index contributed by atoms with van der Waals surface area (Å²) >= 11 is 0. The van der Waals surface area contributed by atoms with Gasteiger partial charge in [-0.15, -0.1) is 0 Å². The van der Waals surface area contributed by atoms with E-state index < -0.39 is 51.9 Å². The lowest BCUT2D eigenvalue weighted by molar-refractivity contribution is -0.234. The van der Waals surface area contributed by atoms with E-state index in [1.54, 1.807) is 0 Å². The molecule has 2 saturated heterocycles. The Labute approximate surface area is 234 Å². The number of hydrogen-bond donors (Lipinski definition) is 7. The molecule has 0 saturated carbocycles. The molecule has 224 valence electrons. The summed E-state index contributed by atoms with van der Waals surface area (Å²) in [7, 11) is -9.73. The van der Waals surface area contributed by atoms with Gasteiger partial charge in [0.05, 0.1) is 12.9 Å². The van der Waals surface area contributed by atoms with Gasteiger partial charge in [0, 0.05) is 19.6 Å². The zero-order chi connectivity index (χ0) is 29.4. The number of piperidine rings is 1. The molecule has 0 radical (unpaired) electrons. The van der Waals surface area contributed by atoms with Gasteiger partial charge in [-0.05, 0) is 24.8 Å². The van der Waals surface area contributed by atoms with Crippen LogP contribution >= 0.6 is 15.2 Å². The van der Waals surface area contributed by atoms with Crippen molar-refractivity contribution < 1.29 is 48.4 Å². The minimum Gasteiger partial charge on any atom is -0.383 e. The van der Waals surface area contributed by atoms with Crippen molar-refractivity contribution in [3.8, 4) is 0 Å². The van der Waals surface area contributed by atoms with Crippen LogP contribution in [0.3, 0.4) is 0 Å². The highest BCUT2D eigenvalue weighted by Crippen LogP contribution is 2.55. The van der Waals surface area contributed by atoms with Gasteiger partial charge < -0.3 is 49.5 Å². The molecular weight excluding hydrogens is 582 g/mol. The van der Waals surface area contributed by atoms with Gasteiger partial charge in [-0.1, -0.05) is 30.3 Å². The highest BCUT2D eigenvalue weighted by molar-refractivity contribution is 7.70. The van der Waals surface area contributed by atoms with E-state index in [9.17, 15) is 29.3 Å². The Bertz CT molecular complexity index is 1460. The van der Waals surface area contributed by atoms with Crippen molar-refractivity contribution in [2.45, 2.75) is 50.0 Å². The van der Waals surface area contributed by atoms with E-state index in [1.165, 1.54) is 10.9 Å². The second-order valence-corrected chi connectivity index (χ2v) is 14.1. The number of ether oxygens (including phenoxy) is 1. The molecule has 41 heavy (non-hydrogen) atoms. The molecule has 0 bridgehead atoms. The van der Waals surface area contributed by atoms with Gasteiger partial charge >= 0.3 is 15.2 Å². The molecule has 2 aliphatic heterocycles. The lowest BCUT2D eigenvalue weighted by Gasteiger charge is -2.27. The predicted molar refractivity (Wildman–Crippen MR) is 145 cm³/mol. The molecule has 16 nitrogen and oxygen atoms in total. The summed E-state index contributed by atoms with van der Waals surface area (Å²) in [6, 6.07) is 9.64. The molecule has 0 spiro atoms. The highest BCUT2D eigenvalue weighted by atomic mass is 31.2. The number of rotatable bonds is 10. The minimum absolute atomic E-state index is 0.229. The molecule has 2 aliphatic rings. The van der Waals surface area contributed by atoms with E-state index in [1.807, 2.05) is 35.2 Å². The maximum absolute atomic E-state index is 12.1. The first kappa shape index (κ1) is 30.0. The second kappa shape index (κ2) is 11.7. The van der Waals surface area contributed by atoms with Crippen molar-refractivity contribution in [1.82, 2.24) is 19.5 Å². The van der Waals surface area contributed by atoms with E-state index in [2.05, 4.69) is 15.3 Å². The van der Waals surface area contributed by atoms with Crippen molar-refractivity contribution in [3.63, 3.8) is 0 Å². The molecule has 4 heterocycles. The number of benzene rings is 1. The monoisotopic (exact) mass is 614 g/mol. The number of aliphatic hydroxyl groups excluding tert-OH is 1. The Morgan fingerprint density at radius 2 is 1.78 bits per heavy atom. The van der Waals surface area contributed by atoms with Gasteiger partial charge in [0.2, 0.25) is 11.7 Å². The van der Waals surface area contributed by atoms with Crippen LogP contribution in [0.4, 0.5) is 11.8 Å². The predicted octanol–water partition coefficient (Wildman–Crippen LogP) is 0.705. The lowest BCUT2D eigenvalue weighted by atomic mass is 10.1. The Balaban J connectivity index is 1.44. The standard InChI is InChI=1S/C23H32N6O10P2/c30-18-21(39-16(23(18,31)32)12-38-41(36,37)14-40(33,34)35)29-13-25-17-19(24-11-15-7-3-1-4-8-15)26-22(27-20(17)29)28-9-5-2-6-10-28/h1,3-4,7-8,13,16,18,21,30-32H,2,5-6,9-12,14H2,(H,36,37)(H,24,26,27)(H2,33,34,35)/t16-,18+,21-/m1/s1. The number of imidazole rings is 1. The maximum atomic E-state index is 12.1. The van der Waals surface area contributed by atoms with Gasteiger partial charge in [-0.25, -0.2) is 4.98 Å². The third-order valence-electron chi connectivity index (χ3n) is 6.90. The van der Waals surface area contributed by atoms with Crippen LogP contribution in [0.5, 0.6) is 0 Å². The largest absolute Gasteiger partial charge is 0.383 e. The summed E-state index contributed by atoms with van der Waals surface area (Å²) < 4.78 is 34.9. The minimum atomic E-state index is -4.91. The zero-order valence-corrected chi connectivity index (χ0v) is 23.6. The van der Waals surface area contributed by atoms with E-state index in [-0.39, 0.29) is 5.65 Å². The quantitative estimate of drug-likeness (QED) is 0.123. The fraction of sp³-hybridized carbons (Fsp3) is 0.522. The van der Waals surface area contributed by atoms with E-state index >= 15 is 0 Å². The molecule has 7 N–H and O–H groups in total. The highest BCUT2D eigenvalue weighted by Gasteiger charge is 2.56. The smallest absolute Gasteiger partial charge is 0.340 e. The van der Waals surface area contributed by atoms with Crippen LogP contribution in [0, 0.1) is 0 Å². The fourth-order valence-electron chi connectivity index (χ4n) is 4.81. The zero-order valence-electron chi connectivity index (χ0n) is 21.8. The van der Waals surface area contributed by atoms with Gasteiger partial charge in [0.15, 0.2) is 35.2 Å². The van der Waals surface area contributed by atoms with Crippen LogP contribution in [0.25, 0.3) is 11.2 Å². The van der Waals surface area contributed by atoms with Crippen LogP contribution in [-0.4, -0.2) is 93.1 Å². The van der Waals surface area contributed by atoms with Crippen molar-refractivity contribution in [2.75, 3.05) is 35.8 Å². The molecule has 0 aliphatic carbocycles. The topological polar surface area (TPSA) is 233 Å². The third kappa shape index (κ3) is 6.78. The Kier molecular flexibility index (Phi) is 8.52. The van der Waals surface area contributed by atoms with Gasteiger partial charge in [0.1, 0.15) is 6.10 Å². The van der Waals surface area contributed by atoms with E-state index in [4.69, 9.17) is 24.0 Å². The average molecular weight is 614 g/mol. The average Bonchev–Trinajstić information content (AvgIpc) is 3.44. The third-order valence-corrected chi connectivity index (χ3v) is 10.4. The summed E-state index contributed by atoms with van der Waals surface area (Å²) in [5, 5.41) is 35.3. The summed E-state index contributed by atoms with van der Waals surface area (Å²) in [5.41, 5.74) is 1.56. The van der Waals surface area contributed by atoms with Crippen LogP contribution in [0.2, 0.25) is 0 Å². The van der Waals surface area contributed by atoms with Crippen molar-refractivity contribution >= 4 is 38.1 Å². The number of nitrogens with one attached hydrogen (secondary N) is 1. The second-order valence-electron chi connectivity index (χ2n) is 10.1. The summed E-state index contributed by atoms with van der Waals surface area (Å²) in [4.78, 5) is 43.6. The van der Waals surface area contributed by atoms with Crippen molar-refractivity contribution in [1.29, 1.82) is 0 Å². The molecule has 1 aromatic carbocycles. The molecule has 1 unspecified atom stereocenters. The SMILES string of the molecule is O=P(O)(O)CP(=O)(O)OC[C@H]1O[C@@H](n2cnc3c(NCc4ccccc4)nc(N4CCCCC4)nc32)[C@H](O)C1(O)O. The van der Waals surface area contributed by atoms with E-state index in [0.29, 0.717) is 23.8 Å². The molecule has 18 heteroatoms. The van der Waals surface area contributed by atoms with Crippen LogP contribution in [-0.2, 0) is 24.9 Å². The molecular formula is C23H32N6O10P2. The summed E-state index contributed by atoms with van der Waals surface area (Å²) in [5.74, 6) is -3.59. The molecule has 2 aromatic heterocycles. The Morgan fingerprint density at radius 3 is 2.46 bits per heavy atom. The van der Waals surface area contributed by atoms with Crippen LogP contribution < -0.4 is 10.2 Å². The molecule has 3 aromatic rings. The van der Waals surface area contributed by atoms with Crippen LogP contribution in [0.15, 0.2) is 36.7 Å². The van der Waals surface area contributed by atoms with Gasteiger partial charge in [-0.2, -0.15) is 9.97 Å².